The van der Waals surface area contributed by atoms with Crippen LogP contribution in [0.2, 0.25) is 5.02 Å². The van der Waals surface area contributed by atoms with Gasteiger partial charge in [0.05, 0.1) is 0 Å². The number of ether oxygens (including phenoxy) is 3. The molecular weight excluding hydrogens is 440 g/mol. The molecule has 0 aliphatic carbocycles. The molecule has 0 spiro atoms. The summed E-state index contributed by atoms with van der Waals surface area (Å²) < 4.78 is 22.8. The first kappa shape index (κ1) is 21.2. The van der Waals surface area contributed by atoms with Gasteiger partial charge in [0.15, 0.2) is 6.10 Å². The molecule has 0 radical (unpaired) electrons. The molecule has 0 amide bonds. The van der Waals surface area contributed by atoms with Crippen LogP contribution >= 0.6 is 11.6 Å². The van der Waals surface area contributed by atoms with Crippen LogP contribution in [0.3, 0.4) is 0 Å². The van der Waals surface area contributed by atoms with Crippen LogP contribution in [0.4, 0.5) is 0 Å². The van der Waals surface area contributed by atoms with E-state index in [1.54, 1.807) is 25.1 Å². The van der Waals surface area contributed by atoms with Gasteiger partial charge in [-0.1, -0.05) is 48.0 Å². The Morgan fingerprint density at radius 1 is 0.879 bits per heavy atom. The second-order valence-electron chi connectivity index (χ2n) is 7.65. The van der Waals surface area contributed by atoms with E-state index in [0.29, 0.717) is 21.9 Å². The average molecular weight is 461 g/mol. The fourth-order valence-electron chi connectivity index (χ4n) is 3.79. The lowest BCUT2D eigenvalue weighted by atomic mass is 10.1. The minimum Gasteiger partial charge on any atom is -0.489 e. The molecule has 0 aliphatic rings. The van der Waals surface area contributed by atoms with Gasteiger partial charge in [-0.2, -0.15) is 0 Å². The van der Waals surface area contributed by atoms with E-state index in [1.165, 1.54) is 0 Å². The zero-order valence-corrected chi connectivity index (χ0v) is 18.7. The Balaban J connectivity index is 1.17. The summed E-state index contributed by atoms with van der Waals surface area (Å²) in [5, 5.41) is 4.65. The van der Waals surface area contributed by atoms with Crippen molar-refractivity contribution in [1.29, 1.82) is 0 Å². The highest BCUT2D eigenvalue weighted by molar-refractivity contribution is 6.31. The monoisotopic (exact) mass is 460 g/mol. The van der Waals surface area contributed by atoms with E-state index in [1.807, 2.05) is 60.7 Å². The maximum Gasteiger partial charge on any atom is 0.347 e. The summed E-state index contributed by atoms with van der Waals surface area (Å²) in [4.78, 5) is 12.4. The van der Waals surface area contributed by atoms with Crippen molar-refractivity contribution < 1.29 is 23.4 Å². The molecule has 33 heavy (non-hydrogen) atoms. The molecule has 1 heterocycles. The van der Waals surface area contributed by atoms with E-state index < -0.39 is 12.1 Å². The molecule has 0 N–H and O–H groups in total. The second kappa shape index (κ2) is 9.04. The quantitative estimate of drug-likeness (QED) is 0.198. The first-order valence-corrected chi connectivity index (χ1v) is 11.0. The number of halogens is 1. The maximum atomic E-state index is 12.4. The van der Waals surface area contributed by atoms with Gasteiger partial charge in [-0.25, -0.2) is 4.79 Å². The first-order valence-electron chi connectivity index (χ1n) is 10.6. The smallest absolute Gasteiger partial charge is 0.347 e. The van der Waals surface area contributed by atoms with E-state index in [-0.39, 0.29) is 13.2 Å². The molecule has 0 saturated heterocycles. The molecule has 5 nitrogen and oxygen atoms in total. The molecule has 0 saturated carbocycles. The molecule has 4 aromatic carbocycles. The van der Waals surface area contributed by atoms with Crippen molar-refractivity contribution in [3.8, 4) is 11.5 Å². The SMILES string of the molecule is CC(Oc1ccc2c(c1)oc1cc(Cl)ccc12)C(=O)OCCOc1cccc2ccccc12. The number of furan rings is 1. The molecule has 166 valence electrons. The summed E-state index contributed by atoms with van der Waals surface area (Å²) in [5.74, 6) is 0.811. The van der Waals surface area contributed by atoms with Gasteiger partial charge >= 0.3 is 5.97 Å². The van der Waals surface area contributed by atoms with Crippen LogP contribution in [-0.2, 0) is 9.53 Å². The number of hydrogen-bond donors (Lipinski definition) is 0. The van der Waals surface area contributed by atoms with E-state index in [9.17, 15) is 4.79 Å². The summed E-state index contributed by atoms with van der Waals surface area (Å²) in [6.07, 6.45) is -0.779. The predicted octanol–water partition coefficient (Wildman–Crippen LogP) is 6.78. The standard InChI is InChI=1S/C27H21ClO5/c1-17(27(29)31-14-13-30-24-8-4-6-18-5-2-3-7-21(18)24)32-20-10-12-23-22-11-9-19(28)15-25(22)33-26(23)16-20/h2-12,15-17H,13-14H2,1H3. The molecule has 1 atom stereocenters. The molecule has 5 aromatic rings. The number of esters is 1. The van der Waals surface area contributed by atoms with Crippen LogP contribution in [0.25, 0.3) is 32.7 Å². The molecule has 5 rings (SSSR count). The van der Waals surface area contributed by atoms with Gasteiger partial charge in [-0.15, -0.1) is 0 Å². The molecule has 0 fully saturated rings. The molecular formula is C27H21ClO5. The van der Waals surface area contributed by atoms with Crippen molar-refractivity contribution in [2.24, 2.45) is 0 Å². The Labute approximate surface area is 195 Å². The number of hydrogen-bond acceptors (Lipinski definition) is 5. The van der Waals surface area contributed by atoms with Gasteiger partial charge in [0, 0.05) is 33.3 Å². The number of carbonyl (C=O) groups is 1. The van der Waals surface area contributed by atoms with Gasteiger partial charge in [-0.3, -0.25) is 0 Å². The van der Waals surface area contributed by atoms with Gasteiger partial charge in [0.1, 0.15) is 35.9 Å². The molecule has 0 aliphatic heterocycles. The van der Waals surface area contributed by atoms with Crippen molar-refractivity contribution in [3.63, 3.8) is 0 Å². The summed E-state index contributed by atoms with van der Waals surface area (Å²) in [5.41, 5.74) is 1.36. The van der Waals surface area contributed by atoms with E-state index in [2.05, 4.69) is 0 Å². The highest BCUT2D eigenvalue weighted by Gasteiger charge is 2.17. The predicted molar refractivity (Wildman–Crippen MR) is 129 cm³/mol. The van der Waals surface area contributed by atoms with Crippen molar-refractivity contribution >= 4 is 50.3 Å². The van der Waals surface area contributed by atoms with Gasteiger partial charge in [0.2, 0.25) is 0 Å². The molecule has 6 heteroatoms. The van der Waals surface area contributed by atoms with E-state index in [4.69, 9.17) is 30.2 Å². The summed E-state index contributed by atoms with van der Waals surface area (Å²) in [7, 11) is 0. The van der Waals surface area contributed by atoms with Crippen LogP contribution in [0.1, 0.15) is 6.92 Å². The second-order valence-corrected chi connectivity index (χ2v) is 8.09. The Morgan fingerprint density at radius 3 is 2.52 bits per heavy atom. The Kier molecular flexibility index (Phi) is 5.80. The molecule has 1 unspecified atom stereocenters. The lowest BCUT2D eigenvalue weighted by Crippen LogP contribution is -2.27. The highest BCUT2D eigenvalue weighted by Crippen LogP contribution is 2.33. The maximum absolute atomic E-state index is 12.4. The third kappa shape index (κ3) is 4.45. The largest absolute Gasteiger partial charge is 0.489 e. The Bertz CT molecular complexity index is 1450. The number of rotatable bonds is 7. The Hall–Kier alpha value is -3.70. The third-order valence-electron chi connectivity index (χ3n) is 5.39. The highest BCUT2D eigenvalue weighted by atomic mass is 35.5. The number of carbonyl (C=O) groups excluding carboxylic acids is 1. The van der Waals surface area contributed by atoms with Crippen molar-refractivity contribution in [1.82, 2.24) is 0 Å². The van der Waals surface area contributed by atoms with Crippen molar-refractivity contribution in [2.45, 2.75) is 13.0 Å². The van der Waals surface area contributed by atoms with E-state index in [0.717, 1.165) is 27.3 Å². The zero-order valence-electron chi connectivity index (χ0n) is 17.9. The fraction of sp³-hybridized carbons (Fsp3) is 0.148. The molecule has 1 aromatic heterocycles. The van der Waals surface area contributed by atoms with Crippen molar-refractivity contribution in [3.05, 3.63) is 83.9 Å². The van der Waals surface area contributed by atoms with Crippen LogP contribution in [0.5, 0.6) is 11.5 Å². The first-order chi connectivity index (χ1) is 16.1. The lowest BCUT2D eigenvalue weighted by Gasteiger charge is -2.14. The van der Waals surface area contributed by atoms with Gasteiger partial charge in [-0.05, 0) is 42.6 Å². The van der Waals surface area contributed by atoms with Crippen LogP contribution in [-0.4, -0.2) is 25.3 Å². The summed E-state index contributed by atoms with van der Waals surface area (Å²) in [6, 6.07) is 24.8. The summed E-state index contributed by atoms with van der Waals surface area (Å²) >= 11 is 6.05. The lowest BCUT2D eigenvalue weighted by molar-refractivity contribution is -0.151. The third-order valence-corrected chi connectivity index (χ3v) is 5.62. The minimum absolute atomic E-state index is 0.124. The van der Waals surface area contributed by atoms with Gasteiger partial charge in [0.25, 0.3) is 0 Å². The normalized spacial score (nSPS) is 12.2. The van der Waals surface area contributed by atoms with Crippen LogP contribution < -0.4 is 9.47 Å². The average Bonchev–Trinajstić information content (AvgIpc) is 3.18. The van der Waals surface area contributed by atoms with Crippen molar-refractivity contribution in [2.75, 3.05) is 13.2 Å². The molecule has 0 bridgehead atoms. The van der Waals surface area contributed by atoms with Crippen LogP contribution in [0.15, 0.2) is 83.3 Å². The minimum atomic E-state index is -0.779. The van der Waals surface area contributed by atoms with Crippen LogP contribution in [0, 0.1) is 0 Å². The number of fused-ring (bicyclic) bond motifs is 4. The number of benzene rings is 4. The zero-order chi connectivity index (χ0) is 22.8. The Morgan fingerprint density at radius 2 is 1.64 bits per heavy atom. The fourth-order valence-corrected chi connectivity index (χ4v) is 3.95. The topological polar surface area (TPSA) is 57.9 Å². The van der Waals surface area contributed by atoms with E-state index >= 15 is 0 Å². The van der Waals surface area contributed by atoms with Gasteiger partial charge < -0.3 is 18.6 Å². The summed E-state index contributed by atoms with van der Waals surface area (Å²) in [6.45, 7) is 2.02.